The summed E-state index contributed by atoms with van der Waals surface area (Å²) in [6, 6.07) is 14.8. The minimum atomic E-state index is -3.28. The fourth-order valence-corrected chi connectivity index (χ4v) is 5.79. The smallest absolute Gasteiger partial charge is 0.216 e. The predicted octanol–water partition coefficient (Wildman–Crippen LogP) is 5.65. The molecule has 2 N–H and O–H groups in total. The second-order valence-corrected chi connectivity index (χ2v) is 12.7. The second kappa shape index (κ2) is 8.88. The van der Waals surface area contributed by atoms with E-state index in [1.54, 1.807) is 32.1 Å². The summed E-state index contributed by atoms with van der Waals surface area (Å²) in [6.07, 6.45) is 3.82. The van der Waals surface area contributed by atoms with Gasteiger partial charge < -0.3 is 5.32 Å². The van der Waals surface area contributed by atoms with Gasteiger partial charge in [-0.25, -0.2) is 18.1 Å². The molecule has 1 aliphatic carbocycles. The molecule has 31 heavy (non-hydrogen) atoms. The molecule has 0 bridgehead atoms. The topological polar surface area (TPSA) is 71.1 Å². The van der Waals surface area contributed by atoms with Crippen LogP contribution in [0.4, 0.5) is 5.13 Å². The number of nitrogens with one attached hydrogen (secondary N) is 2. The fraction of sp³-hybridized carbons (Fsp3) is 0.458. The van der Waals surface area contributed by atoms with Crippen LogP contribution in [0.15, 0.2) is 47.8 Å². The van der Waals surface area contributed by atoms with Crippen LogP contribution in [0.3, 0.4) is 0 Å². The number of rotatable bonds is 6. The molecule has 5 nitrogen and oxygen atoms in total. The summed E-state index contributed by atoms with van der Waals surface area (Å²) in [6.45, 7) is 6.10. The van der Waals surface area contributed by atoms with Crippen molar-refractivity contribution in [2.45, 2.75) is 57.2 Å². The molecule has 2 aromatic carbocycles. The van der Waals surface area contributed by atoms with E-state index in [1.807, 2.05) is 0 Å². The number of nitrogens with zero attached hydrogens (tertiary/aromatic N) is 1. The highest BCUT2D eigenvalue weighted by atomic mass is 32.2. The number of benzene rings is 2. The Hall–Kier alpha value is -1.96. The molecule has 1 fully saturated rings. The van der Waals surface area contributed by atoms with Crippen molar-refractivity contribution in [1.29, 1.82) is 0 Å². The Kier molecular flexibility index (Phi) is 6.37. The Morgan fingerprint density at radius 1 is 1.03 bits per heavy atom. The van der Waals surface area contributed by atoms with Crippen molar-refractivity contribution in [2.24, 2.45) is 5.92 Å². The van der Waals surface area contributed by atoms with Crippen LogP contribution in [0, 0.1) is 5.92 Å². The van der Waals surface area contributed by atoms with Crippen molar-refractivity contribution < 1.29 is 8.42 Å². The quantitative estimate of drug-likeness (QED) is 0.502. The van der Waals surface area contributed by atoms with E-state index >= 15 is 0 Å². The Bertz CT molecular complexity index is 1140. The third-order valence-electron chi connectivity index (χ3n) is 6.09. The number of aromatic nitrogens is 1. The van der Waals surface area contributed by atoms with Gasteiger partial charge in [-0.1, -0.05) is 42.5 Å². The lowest BCUT2D eigenvalue weighted by Gasteiger charge is -2.31. The molecule has 7 heteroatoms. The van der Waals surface area contributed by atoms with Gasteiger partial charge in [0.2, 0.25) is 10.0 Å². The lowest BCUT2D eigenvalue weighted by molar-refractivity contribution is 0.322. The maximum atomic E-state index is 12.4. The van der Waals surface area contributed by atoms with Crippen LogP contribution in [0.2, 0.25) is 0 Å². The van der Waals surface area contributed by atoms with Crippen LogP contribution in [0.1, 0.15) is 46.5 Å². The number of hydrogen-bond donors (Lipinski definition) is 2. The Morgan fingerprint density at radius 3 is 2.48 bits per heavy atom. The van der Waals surface area contributed by atoms with Gasteiger partial charge in [0.05, 0.1) is 10.4 Å². The molecule has 1 aliphatic rings. The van der Waals surface area contributed by atoms with Crippen molar-refractivity contribution in [3.05, 3.63) is 47.8 Å². The highest BCUT2D eigenvalue weighted by Crippen LogP contribution is 2.32. The molecule has 166 valence electrons. The summed E-state index contributed by atoms with van der Waals surface area (Å²) < 4.78 is 26.9. The molecule has 3 aromatic rings. The molecule has 1 heterocycles. The number of fused-ring (bicyclic) bond motifs is 1. The van der Waals surface area contributed by atoms with Gasteiger partial charge in [0.15, 0.2) is 5.13 Å². The van der Waals surface area contributed by atoms with Crippen molar-refractivity contribution in [2.75, 3.05) is 11.9 Å². The minimum Gasteiger partial charge on any atom is -0.361 e. The van der Waals surface area contributed by atoms with Crippen LogP contribution >= 0.6 is 11.3 Å². The zero-order chi connectivity index (χ0) is 22.1. The molecule has 0 radical (unpaired) electrons. The van der Waals surface area contributed by atoms with E-state index in [0.29, 0.717) is 5.92 Å². The van der Waals surface area contributed by atoms with E-state index in [4.69, 9.17) is 4.98 Å². The second-order valence-electron chi connectivity index (χ2n) is 9.40. The van der Waals surface area contributed by atoms with Crippen molar-refractivity contribution in [3.63, 3.8) is 0 Å². The lowest BCUT2D eigenvalue weighted by atomic mass is 9.86. The van der Waals surface area contributed by atoms with Crippen LogP contribution in [0.25, 0.3) is 22.0 Å². The first-order valence-electron chi connectivity index (χ1n) is 10.9. The van der Waals surface area contributed by atoms with Crippen molar-refractivity contribution >= 4 is 37.3 Å². The molecule has 0 amide bonds. The average molecular weight is 458 g/mol. The molecule has 0 aliphatic heterocycles. The maximum absolute atomic E-state index is 12.4. The van der Waals surface area contributed by atoms with Gasteiger partial charge in [-0.2, -0.15) is 0 Å². The largest absolute Gasteiger partial charge is 0.361 e. The SMILES string of the molecule is CC(C)(C)S(=O)(=O)N[C@H]1CC[C@H](CNc2nc(-c3cccc4ccccc34)cs2)CC1. The van der Waals surface area contributed by atoms with Gasteiger partial charge in [-0.05, 0) is 63.1 Å². The standard InChI is InChI=1S/C24H31N3O2S2/c1-24(2,3)31(28,29)27-19-13-11-17(12-14-19)15-25-23-26-22(16-30-23)21-10-6-8-18-7-4-5-9-20(18)21/h4-10,16-17,19,27H,11-15H2,1-3H3,(H,25,26)/t17-,19-. The Labute approximate surface area is 189 Å². The van der Waals surface area contributed by atoms with Gasteiger partial charge >= 0.3 is 0 Å². The molecule has 0 spiro atoms. The van der Waals surface area contributed by atoms with Gasteiger partial charge in [0, 0.05) is 23.5 Å². The van der Waals surface area contributed by atoms with E-state index in [2.05, 4.69) is 57.9 Å². The summed E-state index contributed by atoms with van der Waals surface area (Å²) in [5, 5.41) is 9.01. The van der Waals surface area contributed by atoms with Crippen LogP contribution in [-0.4, -0.2) is 30.7 Å². The fourth-order valence-electron chi connectivity index (χ4n) is 4.04. The zero-order valence-corrected chi connectivity index (χ0v) is 20.0. The molecule has 0 unspecified atom stereocenters. The third-order valence-corrected chi connectivity index (χ3v) is 9.14. The van der Waals surface area contributed by atoms with E-state index in [0.717, 1.165) is 48.6 Å². The Balaban J connectivity index is 1.32. The number of anilines is 1. The summed E-state index contributed by atoms with van der Waals surface area (Å²) in [7, 11) is -3.28. The first kappa shape index (κ1) is 22.2. The van der Waals surface area contributed by atoms with E-state index in [9.17, 15) is 8.42 Å². The highest BCUT2D eigenvalue weighted by Gasteiger charge is 2.32. The summed E-state index contributed by atoms with van der Waals surface area (Å²) in [5.41, 5.74) is 2.17. The summed E-state index contributed by atoms with van der Waals surface area (Å²) >= 11 is 1.64. The van der Waals surface area contributed by atoms with Crippen LogP contribution < -0.4 is 10.0 Å². The van der Waals surface area contributed by atoms with Crippen LogP contribution in [-0.2, 0) is 10.0 Å². The minimum absolute atomic E-state index is 0.0540. The van der Waals surface area contributed by atoms with E-state index in [1.165, 1.54) is 10.8 Å². The van der Waals surface area contributed by atoms with Gasteiger partial charge in [-0.15, -0.1) is 11.3 Å². The number of sulfonamides is 1. The summed E-state index contributed by atoms with van der Waals surface area (Å²) in [4.78, 5) is 4.82. The van der Waals surface area contributed by atoms with Crippen LogP contribution in [0.5, 0.6) is 0 Å². The normalized spacial score (nSPS) is 20.1. The number of hydrogen-bond acceptors (Lipinski definition) is 5. The molecular formula is C24H31N3O2S2. The lowest BCUT2D eigenvalue weighted by Crippen LogP contribution is -2.46. The zero-order valence-electron chi connectivity index (χ0n) is 18.4. The van der Waals surface area contributed by atoms with Crippen molar-refractivity contribution in [3.8, 4) is 11.3 Å². The average Bonchev–Trinajstić information content (AvgIpc) is 3.21. The highest BCUT2D eigenvalue weighted by molar-refractivity contribution is 7.90. The van der Waals surface area contributed by atoms with E-state index < -0.39 is 14.8 Å². The number of thiazole rings is 1. The van der Waals surface area contributed by atoms with E-state index in [-0.39, 0.29) is 6.04 Å². The molecule has 1 aromatic heterocycles. The molecular weight excluding hydrogens is 426 g/mol. The van der Waals surface area contributed by atoms with Gasteiger partial charge in [0.1, 0.15) is 0 Å². The first-order valence-corrected chi connectivity index (χ1v) is 13.3. The first-order chi connectivity index (χ1) is 14.7. The maximum Gasteiger partial charge on any atom is 0.216 e. The van der Waals surface area contributed by atoms with Gasteiger partial charge in [0.25, 0.3) is 0 Å². The predicted molar refractivity (Wildman–Crippen MR) is 131 cm³/mol. The van der Waals surface area contributed by atoms with Crippen molar-refractivity contribution in [1.82, 2.24) is 9.71 Å². The monoisotopic (exact) mass is 457 g/mol. The molecule has 1 saturated carbocycles. The molecule has 0 atom stereocenters. The third kappa shape index (κ3) is 5.10. The molecule has 0 saturated heterocycles. The molecule has 4 rings (SSSR count). The summed E-state index contributed by atoms with van der Waals surface area (Å²) in [5.74, 6) is 0.542. The Morgan fingerprint density at radius 2 is 1.74 bits per heavy atom. The van der Waals surface area contributed by atoms with Gasteiger partial charge in [-0.3, -0.25) is 0 Å².